The molecule has 0 bridgehead atoms. The summed E-state index contributed by atoms with van der Waals surface area (Å²) in [7, 11) is 1.17. The minimum atomic E-state index is -0.818. The highest BCUT2D eigenvalue weighted by Gasteiger charge is 2.34. The van der Waals surface area contributed by atoms with E-state index in [2.05, 4.69) is 5.10 Å². The van der Waals surface area contributed by atoms with E-state index in [0.29, 0.717) is 0 Å². The van der Waals surface area contributed by atoms with Crippen molar-refractivity contribution in [2.24, 2.45) is 0 Å². The third kappa shape index (κ3) is 2.87. The molecule has 0 N–H and O–H groups in total. The van der Waals surface area contributed by atoms with Crippen molar-refractivity contribution in [1.82, 2.24) is 9.61 Å². The lowest BCUT2D eigenvalue weighted by atomic mass is 10.1. The molecule has 0 aromatic carbocycles. The summed E-state index contributed by atoms with van der Waals surface area (Å²) in [5.41, 5.74) is -0.200. The van der Waals surface area contributed by atoms with Crippen molar-refractivity contribution < 1.29 is 28.6 Å². The van der Waals surface area contributed by atoms with Gasteiger partial charge in [0.05, 0.1) is 25.8 Å². The zero-order valence-electron chi connectivity index (χ0n) is 13.0. The molecule has 0 saturated heterocycles. The molecule has 0 fully saturated rings. The molecule has 8 heteroatoms. The predicted octanol–water partition coefficient (Wildman–Crippen LogP) is 1.47. The van der Waals surface area contributed by atoms with Gasteiger partial charge in [0.1, 0.15) is 11.1 Å². The first-order valence-electron chi connectivity index (χ1n) is 6.99. The van der Waals surface area contributed by atoms with Gasteiger partial charge in [-0.2, -0.15) is 5.10 Å². The lowest BCUT2D eigenvalue weighted by molar-refractivity contribution is 0.0472. The van der Waals surface area contributed by atoms with Crippen LogP contribution >= 0.6 is 0 Å². The molecular weight excluding hydrogens is 304 g/mol. The molecule has 0 aliphatic carbocycles. The molecule has 0 unspecified atom stereocenters. The lowest BCUT2D eigenvalue weighted by Crippen LogP contribution is -2.17. The average Bonchev–Trinajstić information content (AvgIpc) is 2.90. The van der Waals surface area contributed by atoms with Gasteiger partial charge in [-0.1, -0.05) is 0 Å². The Bertz CT molecular complexity index is 765. The number of carbonyl (C=O) groups excluding carboxylic acids is 3. The number of hydrogen-bond donors (Lipinski definition) is 0. The Balaban J connectivity index is 2.84. The molecule has 8 nitrogen and oxygen atoms in total. The fourth-order valence-corrected chi connectivity index (χ4v) is 2.19. The second-order valence-electron chi connectivity index (χ2n) is 4.35. The Morgan fingerprint density at radius 2 is 1.65 bits per heavy atom. The first kappa shape index (κ1) is 16.5. The SMILES string of the molecule is CCOC(=O)c1c(C(=O)OCC)c2cccnn2c1C(=O)OC. The second kappa shape index (κ2) is 6.91. The van der Waals surface area contributed by atoms with Gasteiger partial charge >= 0.3 is 17.9 Å². The van der Waals surface area contributed by atoms with Crippen LogP contribution in [0.4, 0.5) is 0 Å². The summed E-state index contributed by atoms with van der Waals surface area (Å²) < 4.78 is 15.8. The van der Waals surface area contributed by atoms with Crippen molar-refractivity contribution in [3.8, 4) is 0 Å². The van der Waals surface area contributed by atoms with E-state index in [9.17, 15) is 14.4 Å². The zero-order chi connectivity index (χ0) is 17.0. The second-order valence-corrected chi connectivity index (χ2v) is 4.35. The molecule has 2 heterocycles. The van der Waals surface area contributed by atoms with Crippen LogP contribution in [0.15, 0.2) is 18.3 Å². The van der Waals surface area contributed by atoms with Crippen LogP contribution in [-0.2, 0) is 14.2 Å². The molecule has 2 rings (SSSR count). The predicted molar refractivity (Wildman–Crippen MR) is 78.4 cm³/mol. The van der Waals surface area contributed by atoms with Crippen LogP contribution in [0.25, 0.3) is 5.52 Å². The third-order valence-corrected chi connectivity index (χ3v) is 3.04. The first-order valence-corrected chi connectivity index (χ1v) is 6.99. The van der Waals surface area contributed by atoms with Crippen molar-refractivity contribution in [2.75, 3.05) is 20.3 Å². The highest BCUT2D eigenvalue weighted by molar-refractivity contribution is 6.14. The van der Waals surface area contributed by atoms with Crippen LogP contribution in [0.1, 0.15) is 45.1 Å². The van der Waals surface area contributed by atoms with Crippen molar-refractivity contribution in [3.63, 3.8) is 0 Å². The van der Waals surface area contributed by atoms with Gasteiger partial charge in [-0.25, -0.2) is 18.9 Å². The van der Waals surface area contributed by atoms with Gasteiger partial charge < -0.3 is 14.2 Å². The highest BCUT2D eigenvalue weighted by atomic mass is 16.5. The van der Waals surface area contributed by atoms with Gasteiger partial charge in [-0.3, -0.25) is 0 Å². The summed E-state index contributed by atoms with van der Waals surface area (Å²) >= 11 is 0. The Hall–Kier alpha value is -2.90. The van der Waals surface area contributed by atoms with E-state index in [1.54, 1.807) is 26.0 Å². The topological polar surface area (TPSA) is 96.2 Å². The third-order valence-electron chi connectivity index (χ3n) is 3.04. The molecule has 122 valence electrons. The number of carbonyl (C=O) groups is 3. The normalized spacial score (nSPS) is 10.4. The van der Waals surface area contributed by atoms with Gasteiger partial charge in [0.25, 0.3) is 0 Å². The zero-order valence-corrected chi connectivity index (χ0v) is 13.0. The molecule has 0 atom stereocenters. The number of nitrogens with zero attached hydrogens (tertiary/aromatic N) is 2. The summed E-state index contributed by atoms with van der Waals surface area (Å²) in [6, 6.07) is 3.13. The van der Waals surface area contributed by atoms with E-state index < -0.39 is 17.9 Å². The molecule has 0 aliphatic heterocycles. The van der Waals surface area contributed by atoms with E-state index in [0.717, 1.165) is 0 Å². The van der Waals surface area contributed by atoms with Crippen LogP contribution in [-0.4, -0.2) is 47.8 Å². The number of fused-ring (bicyclic) bond motifs is 1. The number of hydrogen-bond acceptors (Lipinski definition) is 7. The smallest absolute Gasteiger partial charge is 0.357 e. The minimum absolute atomic E-state index is 0.0706. The maximum absolute atomic E-state index is 12.3. The van der Waals surface area contributed by atoms with Gasteiger partial charge in [-0.15, -0.1) is 0 Å². The van der Waals surface area contributed by atoms with Crippen LogP contribution in [0.5, 0.6) is 0 Å². The molecule has 2 aromatic heterocycles. The molecular formula is C15H16N2O6. The van der Waals surface area contributed by atoms with Gasteiger partial charge in [-0.05, 0) is 26.0 Å². The van der Waals surface area contributed by atoms with Crippen molar-refractivity contribution in [1.29, 1.82) is 0 Å². The largest absolute Gasteiger partial charge is 0.464 e. The Labute approximate surface area is 131 Å². The number of methoxy groups -OCH3 is 1. The van der Waals surface area contributed by atoms with E-state index in [1.165, 1.54) is 17.8 Å². The van der Waals surface area contributed by atoms with E-state index in [1.807, 2.05) is 0 Å². The van der Waals surface area contributed by atoms with Crippen molar-refractivity contribution in [2.45, 2.75) is 13.8 Å². The summed E-state index contributed by atoms with van der Waals surface area (Å²) in [5.74, 6) is -2.37. The Morgan fingerprint density at radius 3 is 2.22 bits per heavy atom. The fraction of sp³-hybridized carbons (Fsp3) is 0.333. The standard InChI is InChI=1S/C15H16N2O6/c1-4-22-13(18)10-9-7-6-8-16-17(9)12(15(20)21-3)11(10)14(19)23-5-2/h6-8H,4-5H2,1-3H3. The summed E-state index contributed by atoms with van der Waals surface area (Å²) in [6.45, 7) is 3.46. The van der Waals surface area contributed by atoms with E-state index >= 15 is 0 Å². The summed E-state index contributed by atoms with van der Waals surface area (Å²) in [5, 5.41) is 4.02. The Kier molecular flexibility index (Phi) is 4.95. The van der Waals surface area contributed by atoms with Crippen LogP contribution in [0.2, 0.25) is 0 Å². The van der Waals surface area contributed by atoms with Crippen LogP contribution in [0.3, 0.4) is 0 Å². The summed E-state index contributed by atoms with van der Waals surface area (Å²) in [4.78, 5) is 36.7. The first-order chi connectivity index (χ1) is 11.1. The van der Waals surface area contributed by atoms with Crippen LogP contribution < -0.4 is 0 Å². The maximum atomic E-state index is 12.3. The Morgan fingerprint density at radius 1 is 1.04 bits per heavy atom. The van der Waals surface area contributed by atoms with Gasteiger partial charge in [0.15, 0.2) is 5.69 Å². The molecule has 2 aromatic rings. The highest BCUT2D eigenvalue weighted by Crippen LogP contribution is 2.25. The monoisotopic (exact) mass is 320 g/mol. The lowest BCUT2D eigenvalue weighted by Gasteiger charge is -2.05. The molecule has 0 radical (unpaired) electrons. The van der Waals surface area contributed by atoms with Crippen LogP contribution in [0, 0.1) is 0 Å². The molecule has 0 aliphatic rings. The van der Waals surface area contributed by atoms with E-state index in [-0.39, 0.29) is 35.6 Å². The van der Waals surface area contributed by atoms with Crippen molar-refractivity contribution >= 4 is 23.4 Å². The van der Waals surface area contributed by atoms with E-state index in [4.69, 9.17) is 14.2 Å². The van der Waals surface area contributed by atoms with Gasteiger partial charge in [0.2, 0.25) is 0 Å². The number of rotatable bonds is 5. The van der Waals surface area contributed by atoms with Crippen molar-refractivity contribution in [3.05, 3.63) is 35.2 Å². The number of aromatic nitrogens is 2. The quantitative estimate of drug-likeness (QED) is 0.608. The molecule has 0 amide bonds. The molecule has 0 saturated carbocycles. The fourth-order valence-electron chi connectivity index (χ4n) is 2.19. The minimum Gasteiger partial charge on any atom is -0.464 e. The maximum Gasteiger partial charge on any atom is 0.357 e. The molecule has 0 spiro atoms. The molecule has 23 heavy (non-hydrogen) atoms. The number of esters is 3. The van der Waals surface area contributed by atoms with Gasteiger partial charge in [0, 0.05) is 6.20 Å². The summed E-state index contributed by atoms with van der Waals surface area (Å²) in [6.07, 6.45) is 1.42. The number of ether oxygens (including phenoxy) is 3. The average molecular weight is 320 g/mol.